The van der Waals surface area contributed by atoms with Crippen molar-refractivity contribution in [2.45, 2.75) is 12.5 Å². The Morgan fingerprint density at radius 1 is 1.03 bits per heavy atom. The van der Waals surface area contributed by atoms with Gasteiger partial charge in [-0.1, -0.05) is 60.7 Å². The number of benzene rings is 2. The Bertz CT molecular complexity index is 1060. The molecule has 31 heavy (non-hydrogen) atoms. The number of carbonyl (C=O) groups excluding carboxylic acids is 2. The summed E-state index contributed by atoms with van der Waals surface area (Å²) in [5, 5.41) is 3.90. The number of nitrogens with zero attached hydrogens (tertiary/aromatic N) is 1. The Morgan fingerprint density at radius 3 is 2.26 bits per heavy atom. The zero-order valence-electron chi connectivity index (χ0n) is 17.3. The molecule has 1 fully saturated rings. The molecule has 0 spiro atoms. The number of hydrogen-bond donors (Lipinski definition) is 2. The van der Waals surface area contributed by atoms with E-state index in [4.69, 9.17) is 10.5 Å². The Kier molecular flexibility index (Phi) is 6.06. The molecule has 2 aromatic carbocycles. The number of carbonyl (C=O) groups is 2. The predicted molar refractivity (Wildman–Crippen MR) is 123 cm³/mol. The van der Waals surface area contributed by atoms with E-state index >= 15 is 0 Å². The van der Waals surface area contributed by atoms with E-state index in [2.05, 4.69) is 10.2 Å². The highest BCUT2D eigenvalue weighted by molar-refractivity contribution is 7.18. The minimum Gasteiger partial charge on any atom is -0.378 e. The lowest BCUT2D eigenvalue weighted by Gasteiger charge is -2.28. The van der Waals surface area contributed by atoms with Gasteiger partial charge in [0.05, 0.1) is 23.1 Å². The van der Waals surface area contributed by atoms with Gasteiger partial charge in [-0.25, -0.2) is 0 Å². The second-order valence-corrected chi connectivity index (χ2v) is 8.63. The molecule has 0 saturated carbocycles. The molecular formula is C24H25N3O3S. The van der Waals surface area contributed by atoms with Crippen LogP contribution >= 0.6 is 11.3 Å². The van der Waals surface area contributed by atoms with Crippen LogP contribution in [0.4, 0.5) is 5.00 Å². The van der Waals surface area contributed by atoms with Crippen LogP contribution in [-0.4, -0.2) is 38.1 Å². The van der Waals surface area contributed by atoms with Gasteiger partial charge in [0.15, 0.2) is 0 Å². The monoisotopic (exact) mass is 435 g/mol. The van der Waals surface area contributed by atoms with E-state index in [1.165, 1.54) is 11.3 Å². The molecule has 2 amide bonds. The molecule has 1 saturated heterocycles. The predicted octanol–water partition coefficient (Wildman–Crippen LogP) is 3.38. The average molecular weight is 436 g/mol. The maximum atomic E-state index is 13.3. The van der Waals surface area contributed by atoms with Crippen molar-refractivity contribution in [3.63, 3.8) is 0 Å². The maximum absolute atomic E-state index is 13.3. The quantitative estimate of drug-likeness (QED) is 0.622. The van der Waals surface area contributed by atoms with E-state index in [1.807, 2.05) is 54.6 Å². The Morgan fingerprint density at radius 2 is 1.65 bits per heavy atom. The van der Waals surface area contributed by atoms with Gasteiger partial charge in [-0.05, 0) is 24.1 Å². The summed E-state index contributed by atoms with van der Waals surface area (Å²) in [4.78, 5) is 28.4. The number of primary amides is 1. The van der Waals surface area contributed by atoms with Gasteiger partial charge in [0.1, 0.15) is 5.54 Å². The topological polar surface area (TPSA) is 84.7 Å². The third kappa shape index (κ3) is 4.33. The van der Waals surface area contributed by atoms with Crippen LogP contribution in [0.2, 0.25) is 0 Å². The number of ether oxygens (including phenoxy) is 1. The first-order valence-corrected chi connectivity index (χ1v) is 11.0. The SMILES string of the molecule is C[C@@](NC(=O)c1cc(-c2ccccc2)c(N2CCOCC2)s1)(C(N)=O)c1ccccc1. The second-order valence-electron chi connectivity index (χ2n) is 7.60. The maximum Gasteiger partial charge on any atom is 0.262 e. The molecule has 0 bridgehead atoms. The van der Waals surface area contributed by atoms with Gasteiger partial charge in [0.25, 0.3) is 5.91 Å². The third-order valence-corrected chi connectivity index (χ3v) is 6.72. The summed E-state index contributed by atoms with van der Waals surface area (Å²) < 4.78 is 5.49. The summed E-state index contributed by atoms with van der Waals surface area (Å²) in [6.07, 6.45) is 0. The number of anilines is 1. The van der Waals surface area contributed by atoms with E-state index in [0.717, 1.165) is 29.2 Å². The van der Waals surface area contributed by atoms with Crippen LogP contribution in [0.1, 0.15) is 22.2 Å². The molecule has 0 aliphatic carbocycles. The first kappa shape index (κ1) is 21.1. The highest BCUT2D eigenvalue weighted by Crippen LogP contribution is 2.39. The molecule has 4 rings (SSSR count). The molecule has 1 aliphatic heterocycles. The van der Waals surface area contributed by atoms with Crippen molar-refractivity contribution in [2.24, 2.45) is 5.73 Å². The molecule has 160 valence electrons. The molecule has 1 aromatic heterocycles. The van der Waals surface area contributed by atoms with Gasteiger partial charge in [-0.3, -0.25) is 9.59 Å². The lowest BCUT2D eigenvalue weighted by molar-refractivity contribution is -0.123. The molecule has 7 heteroatoms. The summed E-state index contributed by atoms with van der Waals surface area (Å²) in [6.45, 7) is 4.48. The van der Waals surface area contributed by atoms with Crippen LogP contribution < -0.4 is 16.0 Å². The minimum absolute atomic E-state index is 0.327. The van der Waals surface area contributed by atoms with E-state index in [9.17, 15) is 9.59 Å². The first-order chi connectivity index (χ1) is 15.0. The molecular weight excluding hydrogens is 410 g/mol. The summed E-state index contributed by atoms with van der Waals surface area (Å²) in [6, 6.07) is 21.0. The summed E-state index contributed by atoms with van der Waals surface area (Å²) in [5.74, 6) is -0.938. The number of hydrogen-bond acceptors (Lipinski definition) is 5. The van der Waals surface area contributed by atoms with Crippen molar-refractivity contribution in [2.75, 3.05) is 31.2 Å². The van der Waals surface area contributed by atoms with Crippen molar-refractivity contribution in [1.29, 1.82) is 0 Å². The van der Waals surface area contributed by atoms with Crippen LogP contribution in [-0.2, 0) is 15.1 Å². The lowest BCUT2D eigenvalue weighted by atomic mass is 9.91. The Balaban J connectivity index is 1.69. The van der Waals surface area contributed by atoms with E-state index in [0.29, 0.717) is 23.7 Å². The second kappa shape index (κ2) is 8.91. The number of nitrogens with two attached hydrogens (primary N) is 1. The fourth-order valence-corrected chi connectivity index (χ4v) is 4.78. The molecule has 0 unspecified atom stereocenters. The molecule has 3 aromatic rings. The fraction of sp³-hybridized carbons (Fsp3) is 0.250. The molecule has 1 aliphatic rings. The minimum atomic E-state index is -1.31. The van der Waals surface area contributed by atoms with Crippen molar-refractivity contribution < 1.29 is 14.3 Å². The largest absolute Gasteiger partial charge is 0.378 e. The number of nitrogens with one attached hydrogen (secondary N) is 1. The van der Waals surface area contributed by atoms with Gasteiger partial charge in [0, 0.05) is 18.7 Å². The standard InChI is InChI=1S/C24H25N3O3S/c1-24(23(25)29,18-10-6-3-7-11-18)26-21(28)20-16-19(17-8-4-2-5-9-17)22(31-20)27-12-14-30-15-13-27/h2-11,16H,12-15H2,1H3,(H2,25,29)(H,26,28)/t24-/m0/s1. The molecule has 1 atom stereocenters. The number of morpholine rings is 1. The van der Waals surface area contributed by atoms with Crippen molar-refractivity contribution >= 4 is 28.2 Å². The van der Waals surface area contributed by atoms with Crippen LogP contribution in [0.15, 0.2) is 66.7 Å². The average Bonchev–Trinajstić information content (AvgIpc) is 3.26. The summed E-state index contributed by atoms with van der Waals surface area (Å²) >= 11 is 1.42. The molecule has 0 radical (unpaired) electrons. The highest BCUT2D eigenvalue weighted by Gasteiger charge is 2.36. The van der Waals surface area contributed by atoms with Crippen LogP contribution in [0, 0.1) is 0 Å². The van der Waals surface area contributed by atoms with E-state index in [-0.39, 0.29) is 5.91 Å². The van der Waals surface area contributed by atoms with Crippen molar-refractivity contribution in [1.82, 2.24) is 5.32 Å². The zero-order chi connectivity index (χ0) is 21.8. The summed E-state index contributed by atoms with van der Waals surface area (Å²) in [5.41, 5.74) is 7.07. The van der Waals surface area contributed by atoms with Gasteiger partial charge < -0.3 is 20.7 Å². The van der Waals surface area contributed by atoms with Gasteiger partial charge in [-0.15, -0.1) is 11.3 Å². The Labute approximate surface area is 185 Å². The third-order valence-electron chi connectivity index (χ3n) is 5.53. The van der Waals surface area contributed by atoms with E-state index < -0.39 is 11.4 Å². The number of amides is 2. The number of rotatable bonds is 6. The number of thiophene rings is 1. The first-order valence-electron chi connectivity index (χ1n) is 10.2. The van der Waals surface area contributed by atoms with Crippen LogP contribution in [0.25, 0.3) is 11.1 Å². The smallest absolute Gasteiger partial charge is 0.262 e. The molecule has 6 nitrogen and oxygen atoms in total. The highest BCUT2D eigenvalue weighted by atomic mass is 32.1. The van der Waals surface area contributed by atoms with Crippen molar-refractivity contribution in [3.8, 4) is 11.1 Å². The van der Waals surface area contributed by atoms with Crippen molar-refractivity contribution in [3.05, 3.63) is 77.2 Å². The molecule has 2 heterocycles. The normalized spacial score (nSPS) is 15.8. The summed E-state index contributed by atoms with van der Waals surface area (Å²) in [7, 11) is 0. The van der Waals surface area contributed by atoms with Gasteiger partial charge in [-0.2, -0.15) is 0 Å². The van der Waals surface area contributed by atoms with Gasteiger partial charge >= 0.3 is 0 Å². The lowest BCUT2D eigenvalue weighted by Crippen LogP contribution is -2.52. The molecule has 3 N–H and O–H groups in total. The van der Waals surface area contributed by atoms with Crippen LogP contribution in [0.3, 0.4) is 0 Å². The van der Waals surface area contributed by atoms with Gasteiger partial charge in [0.2, 0.25) is 5.91 Å². The zero-order valence-corrected chi connectivity index (χ0v) is 18.2. The van der Waals surface area contributed by atoms with Crippen LogP contribution in [0.5, 0.6) is 0 Å². The Hall–Kier alpha value is -3.16. The van der Waals surface area contributed by atoms with E-state index in [1.54, 1.807) is 19.1 Å². The fourth-order valence-electron chi connectivity index (χ4n) is 3.66.